The first-order chi connectivity index (χ1) is 5.28. The van der Waals surface area contributed by atoms with Crippen LogP contribution in [0, 0.1) is 5.92 Å². The molecule has 1 aromatic rings. The van der Waals surface area contributed by atoms with E-state index in [4.69, 9.17) is 5.73 Å². The highest BCUT2D eigenvalue weighted by atomic mass is 15.3. The number of hydrogen-bond acceptors (Lipinski definition) is 2. The van der Waals surface area contributed by atoms with Crippen LogP contribution in [0.3, 0.4) is 0 Å². The van der Waals surface area contributed by atoms with E-state index in [0.29, 0.717) is 5.54 Å². The second kappa shape index (κ2) is 1.44. The Morgan fingerprint density at radius 3 is 2.64 bits per heavy atom. The molecule has 58 valence electrons. The normalized spacial score (nSPS) is 39.5. The number of hydrogen-bond donors (Lipinski definition) is 1. The third-order valence-corrected chi connectivity index (χ3v) is 3.09. The number of nitrogens with two attached hydrogens (primary N) is 1. The standard InChI is InChI=1S/C8H11N3/c9-7-4-10-11(5-7)8-1-6(2-8)3-8/h4-6H,1-3,9H2. The van der Waals surface area contributed by atoms with Gasteiger partial charge < -0.3 is 5.73 Å². The fourth-order valence-electron chi connectivity index (χ4n) is 2.31. The molecule has 0 atom stereocenters. The minimum Gasteiger partial charge on any atom is -0.396 e. The summed E-state index contributed by atoms with van der Waals surface area (Å²) in [6.07, 6.45) is 7.67. The minimum absolute atomic E-state index is 0.405. The zero-order valence-electron chi connectivity index (χ0n) is 6.33. The summed E-state index contributed by atoms with van der Waals surface area (Å²) in [5, 5.41) is 4.24. The van der Waals surface area contributed by atoms with Crippen molar-refractivity contribution in [2.24, 2.45) is 5.92 Å². The summed E-state index contributed by atoms with van der Waals surface area (Å²) >= 11 is 0. The molecule has 1 heterocycles. The van der Waals surface area contributed by atoms with Crippen LogP contribution in [-0.2, 0) is 5.54 Å². The molecule has 0 saturated heterocycles. The zero-order valence-corrected chi connectivity index (χ0v) is 6.33. The van der Waals surface area contributed by atoms with Gasteiger partial charge in [-0.3, -0.25) is 4.68 Å². The molecule has 0 spiro atoms. The van der Waals surface area contributed by atoms with Crippen molar-refractivity contribution >= 4 is 5.69 Å². The van der Waals surface area contributed by atoms with Gasteiger partial charge in [-0.1, -0.05) is 0 Å². The molecule has 0 aliphatic heterocycles. The number of nitrogens with zero attached hydrogens (tertiary/aromatic N) is 2. The van der Waals surface area contributed by atoms with Gasteiger partial charge in [0.15, 0.2) is 0 Å². The first-order valence-electron chi connectivity index (χ1n) is 4.09. The Balaban J connectivity index is 1.99. The smallest absolute Gasteiger partial charge is 0.0720 e. The van der Waals surface area contributed by atoms with Crippen molar-refractivity contribution < 1.29 is 0 Å². The van der Waals surface area contributed by atoms with Crippen LogP contribution in [0.1, 0.15) is 19.3 Å². The number of rotatable bonds is 1. The van der Waals surface area contributed by atoms with Crippen molar-refractivity contribution in [3.05, 3.63) is 12.4 Å². The molecule has 11 heavy (non-hydrogen) atoms. The predicted octanol–water partition coefficient (Wildman–Crippen LogP) is 0.974. The molecular weight excluding hydrogens is 138 g/mol. The second-order valence-corrected chi connectivity index (χ2v) is 3.92. The first-order valence-corrected chi connectivity index (χ1v) is 4.09. The molecule has 3 fully saturated rings. The van der Waals surface area contributed by atoms with E-state index in [1.807, 2.05) is 6.20 Å². The topological polar surface area (TPSA) is 43.8 Å². The van der Waals surface area contributed by atoms with Gasteiger partial charge in [-0.25, -0.2) is 0 Å². The summed E-state index contributed by atoms with van der Waals surface area (Å²) < 4.78 is 2.06. The number of anilines is 1. The maximum absolute atomic E-state index is 5.59. The summed E-state index contributed by atoms with van der Waals surface area (Å²) in [7, 11) is 0. The highest BCUT2D eigenvalue weighted by molar-refractivity contribution is 5.32. The molecular formula is C8H11N3. The fraction of sp³-hybridized carbons (Fsp3) is 0.625. The number of nitrogen functional groups attached to an aromatic ring is 1. The van der Waals surface area contributed by atoms with Gasteiger partial charge in [0, 0.05) is 6.20 Å². The molecule has 3 saturated carbocycles. The van der Waals surface area contributed by atoms with E-state index in [-0.39, 0.29) is 0 Å². The third kappa shape index (κ3) is 0.526. The molecule has 0 aromatic carbocycles. The van der Waals surface area contributed by atoms with Gasteiger partial charge in [0.1, 0.15) is 0 Å². The van der Waals surface area contributed by atoms with Crippen LogP contribution < -0.4 is 5.73 Å². The molecule has 0 amide bonds. The third-order valence-electron chi connectivity index (χ3n) is 3.09. The van der Waals surface area contributed by atoms with Crippen LogP contribution in [0.4, 0.5) is 5.69 Å². The van der Waals surface area contributed by atoms with Gasteiger partial charge in [-0.2, -0.15) is 5.10 Å². The first kappa shape index (κ1) is 5.63. The zero-order chi connectivity index (χ0) is 7.47. The lowest BCUT2D eigenvalue weighted by molar-refractivity contribution is -0.0977. The average molecular weight is 149 g/mol. The maximum atomic E-state index is 5.59. The Morgan fingerprint density at radius 1 is 1.55 bits per heavy atom. The number of aromatic nitrogens is 2. The lowest BCUT2D eigenvalue weighted by atomic mass is 9.50. The van der Waals surface area contributed by atoms with Crippen LogP contribution in [0.15, 0.2) is 12.4 Å². The summed E-state index contributed by atoms with van der Waals surface area (Å²) in [6, 6.07) is 0. The highest BCUT2D eigenvalue weighted by Gasteiger charge is 2.58. The maximum Gasteiger partial charge on any atom is 0.0720 e. The molecule has 3 heteroatoms. The predicted molar refractivity (Wildman–Crippen MR) is 42.0 cm³/mol. The van der Waals surface area contributed by atoms with E-state index >= 15 is 0 Å². The van der Waals surface area contributed by atoms with Gasteiger partial charge in [-0.15, -0.1) is 0 Å². The lowest BCUT2D eigenvalue weighted by Gasteiger charge is -2.61. The Morgan fingerprint density at radius 2 is 2.27 bits per heavy atom. The van der Waals surface area contributed by atoms with Crippen LogP contribution in [0.2, 0.25) is 0 Å². The van der Waals surface area contributed by atoms with Crippen molar-refractivity contribution in [1.29, 1.82) is 0 Å². The van der Waals surface area contributed by atoms with E-state index in [0.717, 1.165) is 11.6 Å². The molecule has 4 rings (SSSR count). The fourth-order valence-corrected chi connectivity index (χ4v) is 2.31. The van der Waals surface area contributed by atoms with Gasteiger partial charge in [0.05, 0.1) is 17.4 Å². The Kier molecular flexibility index (Phi) is 0.739. The van der Waals surface area contributed by atoms with Gasteiger partial charge in [0.25, 0.3) is 0 Å². The van der Waals surface area contributed by atoms with Crippen molar-refractivity contribution in [2.45, 2.75) is 24.8 Å². The molecule has 3 aliphatic carbocycles. The van der Waals surface area contributed by atoms with Gasteiger partial charge >= 0.3 is 0 Å². The minimum atomic E-state index is 0.405. The quantitative estimate of drug-likeness (QED) is 0.646. The van der Waals surface area contributed by atoms with Crippen molar-refractivity contribution in [3.8, 4) is 0 Å². The van der Waals surface area contributed by atoms with Crippen molar-refractivity contribution in [2.75, 3.05) is 5.73 Å². The Bertz CT molecular complexity index is 285. The van der Waals surface area contributed by atoms with Crippen molar-refractivity contribution in [3.63, 3.8) is 0 Å². The average Bonchev–Trinajstić information content (AvgIpc) is 2.06. The van der Waals surface area contributed by atoms with E-state index < -0.39 is 0 Å². The largest absolute Gasteiger partial charge is 0.396 e. The van der Waals surface area contributed by atoms with E-state index in [1.165, 1.54) is 19.3 Å². The highest BCUT2D eigenvalue weighted by Crippen LogP contribution is 2.61. The molecule has 3 nitrogen and oxygen atoms in total. The molecule has 2 N–H and O–H groups in total. The van der Waals surface area contributed by atoms with Crippen LogP contribution >= 0.6 is 0 Å². The molecule has 3 aliphatic rings. The summed E-state index contributed by atoms with van der Waals surface area (Å²) in [6.45, 7) is 0. The van der Waals surface area contributed by atoms with E-state index in [2.05, 4.69) is 9.78 Å². The molecule has 0 radical (unpaired) electrons. The van der Waals surface area contributed by atoms with Gasteiger partial charge in [-0.05, 0) is 25.2 Å². The van der Waals surface area contributed by atoms with Crippen LogP contribution in [-0.4, -0.2) is 9.78 Å². The Labute approximate surface area is 65.2 Å². The van der Waals surface area contributed by atoms with E-state index in [1.54, 1.807) is 6.20 Å². The van der Waals surface area contributed by atoms with Crippen LogP contribution in [0.5, 0.6) is 0 Å². The summed E-state index contributed by atoms with van der Waals surface area (Å²) in [4.78, 5) is 0. The van der Waals surface area contributed by atoms with Crippen LogP contribution in [0.25, 0.3) is 0 Å². The molecule has 2 bridgehead atoms. The lowest BCUT2D eigenvalue weighted by Crippen LogP contribution is -2.59. The second-order valence-electron chi connectivity index (χ2n) is 3.92. The van der Waals surface area contributed by atoms with Crippen molar-refractivity contribution in [1.82, 2.24) is 9.78 Å². The summed E-state index contributed by atoms with van der Waals surface area (Å²) in [5.41, 5.74) is 6.78. The monoisotopic (exact) mass is 149 g/mol. The SMILES string of the molecule is Nc1cnn(C23CC(C2)C3)c1. The summed E-state index contributed by atoms with van der Waals surface area (Å²) in [5.74, 6) is 1.00. The van der Waals surface area contributed by atoms with Gasteiger partial charge in [0.2, 0.25) is 0 Å². The Hall–Kier alpha value is -0.990. The molecule has 1 aromatic heterocycles. The van der Waals surface area contributed by atoms with E-state index in [9.17, 15) is 0 Å². The molecule has 0 unspecified atom stereocenters.